The Morgan fingerprint density at radius 1 is 1.44 bits per heavy atom. The van der Waals surface area contributed by atoms with Crippen molar-refractivity contribution in [1.29, 1.82) is 0 Å². The van der Waals surface area contributed by atoms with Crippen LogP contribution >= 0.6 is 11.6 Å². The van der Waals surface area contributed by atoms with E-state index in [0.717, 1.165) is 25.2 Å². The lowest BCUT2D eigenvalue weighted by molar-refractivity contribution is -0.125. The van der Waals surface area contributed by atoms with E-state index in [1.807, 2.05) is 0 Å². The predicted octanol–water partition coefficient (Wildman–Crippen LogP) is 2.20. The normalized spacial score (nSPS) is 18.6. The Morgan fingerprint density at radius 2 is 2.32 bits per heavy atom. The number of nitrogens with one attached hydrogen (secondary N) is 1. The van der Waals surface area contributed by atoms with Crippen LogP contribution in [0.25, 0.3) is 0 Å². The molecule has 132 valence electrons. The summed E-state index contributed by atoms with van der Waals surface area (Å²) < 4.78 is 0. The van der Waals surface area contributed by atoms with Crippen LogP contribution < -0.4 is 10.2 Å². The summed E-state index contributed by atoms with van der Waals surface area (Å²) >= 11 is 5.93. The van der Waals surface area contributed by atoms with Gasteiger partial charge in [-0.3, -0.25) is 9.78 Å². The molecule has 1 amide bonds. The average molecular weight is 361 g/mol. The Balaban J connectivity index is 1.54. The van der Waals surface area contributed by atoms with Gasteiger partial charge in [-0.05, 0) is 30.5 Å². The van der Waals surface area contributed by atoms with Gasteiger partial charge in [0.15, 0.2) is 0 Å². The molecular formula is C18H21ClN4O2. The molecule has 0 radical (unpaired) electrons. The first kappa shape index (κ1) is 17.6. The van der Waals surface area contributed by atoms with E-state index >= 15 is 0 Å². The highest BCUT2D eigenvalue weighted by molar-refractivity contribution is 6.30. The molecule has 1 aliphatic heterocycles. The first-order valence-corrected chi connectivity index (χ1v) is 8.73. The van der Waals surface area contributed by atoms with E-state index < -0.39 is 6.10 Å². The zero-order chi connectivity index (χ0) is 17.6. The maximum Gasteiger partial charge on any atom is 0.225 e. The highest BCUT2D eigenvalue weighted by atomic mass is 35.5. The minimum Gasteiger partial charge on any atom is -0.387 e. The Morgan fingerprint density at radius 3 is 3.08 bits per heavy atom. The molecule has 2 atom stereocenters. The lowest BCUT2D eigenvalue weighted by Crippen LogP contribution is -2.44. The highest BCUT2D eigenvalue weighted by Gasteiger charge is 2.26. The molecule has 1 aromatic carbocycles. The molecule has 1 aromatic heterocycles. The van der Waals surface area contributed by atoms with E-state index in [0.29, 0.717) is 17.1 Å². The zero-order valence-electron chi connectivity index (χ0n) is 13.8. The van der Waals surface area contributed by atoms with Gasteiger partial charge in [-0.1, -0.05) is 23.7 Å². The van der Waals surface area contributed by atoms with Gasteiger partial charge < -0.3 is 15.3 Å². The summed E-state index contributed by atoms with van der Waals surface area (Å²) in [5.41, 5.74) is 0.692. The number of amides is 1. The lowest BCUT2D eigenvalue weighted by atomic mass is 9.97. The number of aromatic nitrogens is 2. The topological polar surface area (TPSA) is 78.4 Å². The summed E-state index contributed by atoms with van der Waals surface area (Å²) in [6.07, 6.45) is 5.97. The van der Waals surface area contributed by atoms with Crippen LogP contribution in [0, 0.1) is 5.92 Å². The number of anilines is 1. The van der Waals surface area contributed by atoms with Crippen molar-refractivity contribution < 1.29 is 9.90 Å². The van der Waals surface area contributed by atoms with Gasteiger partial charge in [0.2, 0.25) is 5.91 Å². The third-order valence-electron chi connectivity index (χ3n) is 4.37. The van der Waals surface area contributed by atoms with Gasteiger partial charge in [-0.2, -0.15) is 0 Å². The van der Waals surface area contributed by atoms with Crippen LogP contribution in [-0.4, -0.2) is 40.6 Å². The summed E-state index contributed by atoms with van der Waals surface area (Å²) in [5.74, 6) is 0.621. The number of hydrogen-bond acceptors (Lipinski definition) is 5. The third kappa shape index (κ3) is 4.67. The van der Waals surface area contributed by atoms with E-state index in [1.54, 1.807) is 42.9 Å². The first-order valence-electron chi connectivity index (χ1n) is 8.35. The smallest absolute Gasteiger partial charge is 0.225 e. The predicted molar refractivity (Wildman–Crippen MR) is 96.4 cm³/mol. The van der Waals surface area contributed by atoms with Gasteiger partial charge in [0.25, 0.3) is 0 Å². The molecule has 1 saturated heterocycles. The fourth-order valence-electron chi connectivity index (χ4n) is 3.03. The number of nitrogens with zero attached hydrogens (tertiary/aromatic N) is 3. The molecule has 2 aromatic rings. The van der Waals surface area contributed by atoms with E-state index in [9.17, 15) is 9.90 Å². The molecular weight excluding hydrogens is 340 g/mol. The third-order valence-corrected chi connectivity index (χ3v) is 4.60. The molecule has 1 aliphatic rings. The number of hydrogen-bond donors (Lipinski definition) is 2. The summed E-state index contributed by atoms with van der Waals surface area (Å²) in [5, 5.41) is 13.6. The van der Waals surface area contributed by atoms with Crippen molar-refractivity contribution in [1.82, 2.24) is 15.3 Å². The second kappa shape index (κ2) is 8.27. The molecule has 0 saturated carbocycles. The minimum atomic E-state index is -0.776. The molecule has 25 heavy (non-hydrogen) atoms. The number of aliphatic hydroxyl groups excluding tert-OH is 1. The van der Waals surface area contributed by atoms with E-state index in [2.05, 4.69) is 20.2 Å². The largest absolute Gasteiger partial charge is 0.387 e. The second-order valence-corrected chi connectivity index (χ2v) is 6.60. The molecule has 2 heterocycles. The molecule has 0 spiro atoms. The van der Waals surface area contributed by atoms with Crippen molar-refractivity contribution in [3.63, 3.8) is 0 Å². The van der Waals surface area contributed by atoms with Crippen molar-refractivity contribution in [2.75, 3.05) is 24.5 Å². The number of piperidine rings is 1. The summed E-state index contributed by atoms with van der Waals surface area (Å²) in [6.45, 7) is 1.65. The summed E-state index contributed by atoms with van der Waals surface area (Å²) in [4.78, 5) is 22.9. The Bertz CT molecular complexity index is 713. The number of benzene rings is 1. The Labute approximate surface area is 151 Å². The second-order valence-electron chi connectivity index (χ2n) is 6.16. The molecule has 6 nitrogen and oxygen atoms in total. The zero-order valence-corrected chi connectivity index (χ0v) is 14.6. The summed E-state index contributed by atoms with van der Waals surface area (Å²) in [6, 6.07) is 7.02. The van der Waals surface area contributed by atoms with Gasteiger partial charge in [-0.15, -0.1) is 0 Å². The van der Waals surface area contributed by atoms with Crippen LogP contribution in [0.15, 0.2) is 42.9 Å². The fraction of sp³-hybridized carbons (Fsp3) is 0.389. The van der Waals surface area contributed by atoms with Crippen molar-refractivity contribution in [2.45, 2.75) is 18.9 Å². The van der Waals surface area contributed by atoms with E-state index in [1.165, 1.54) is 0 Å². The monoisotopic (exact) mass is 360 g/mol. The van der Waals surface area contributed by atoms with E-state index in [4.69, 9.17) is 11.6 Å². The number of rotatable bonds is 5. The van der Waals surface area contributed by atoms with Crippen molar-refractivity contribution >= 4 is 23.3 Å². The first-order chi connectivity index (χ1) is 12.1. The number of carbonyl (C=O) groups excluding carboxylic acids is 1. The maximum atomic E-state index is 12.5. The fourth-order valence-corrected chi connectivity index (χ4v) is 3.23. The van der Waals surface area contributed by atoms with Crippen molar-refractivity contribution in [2.24, 2.45) is 5.92 Å². The SMILES string of the molecule is O=C(NC[C@@H](O)c1cccc(Cl)c1)[C@H]1CCCN(c2cnccn2)C1. The quantitative estimate of drug-likeness (QED) is 0.854. The minimum absolute atomic E-state index is 0.0466. The number of halogens is 1. The molecule has 0 unspecified atom stereocenters. The van der Waals surface area contributed by atoms with Crippen LogP contribution in [-0.2, 0) is 4.79 Å². The molecule has 1 fully saturated rings. The van der Waals surface area contributed by atoms with Crippen molar-refractivity contribution in [3.8, 4) is 0 Å². The Kier molecular flexibility index (Phi) is 5.83. The van der Waals surface area contributed by atoms with E-state index in [-0.39, 0.29) is 18.4 Å². The Hall–Kier alpha value is -2.18. The van der Waals surface area contributed by atoms with Crippen LogP contribution in [0.2, 0.25) is 5.02 Å². The molecule has 2 N–H and O–H groups in total. The molecule has 7 heteroatoms. The van der Waals surface area contributed by atoms with Gasteiger partial charge >= 0.3 is 0 Å². The average Bonchev–Trinajstić information content (AvgIpc) is 2.66. The summed E-state index contributed by atoms with van der Waals surface area (Å²) in [7, 11) is 0. The lowest BCUT2D eigenvalue weighted by Gasteiger charge is -2.32. The van der Waals surface area contributed by atoms with Gasteiger partial charge in [0, 0.05) is 37.1 Å². The van der Waals surface area contributed by atoms with Crippen LogP contribution in [0.1, 0.15) is 24.5 Å². The molecule has 3 rings (SSSR count). The maximum absolute atomic E-state index is 12.5. The van der Waals surface area contributed by atoms with Gasteiger partial charge in [0.1, 0.15) is 5.82 Å². The van der Waals surface area contributed by atoms with Crippen molar-refractivity contribution in [3.05, 3.63) is 53.4 Å². The van der Waals surface area contributed by atoms with Crippen LogP contribution in [0.4, 0.5) is 5.82 Å². The number of aliphatic hydroxyl groups is 1. The molecule has 0 bridgehead atoms. The standard InChI is InChI=1S/C18H21ClN4O2/c19-15-5-1-3-13(9-15)16(24)10-22-18(25)14-4-2-8-23(12-14)17-11-20-6-7-21-17/h1,3,5-7,9,11,14,16,24H,2,4,8,10,12H2,(H,22,25)/t14-,16+/m0/s1. The van der Waals surface area contributed by atoms with Crippen LogP contribution in [0.3, 0.4) is 0 Å². The van der Waals surface area contributed by atoms with Crippen LogP contribution in [0.5, 0.6) is 0 Å². The van der Waals surface area contributed by atoms with Gasteiger partial charge in [-0.25, -0.2) is 4.98 Å². The van der Waals surface area contributed by atoms with Gasteiger partial charge in [0.05, 0.1) is 18.2 Å². The number of carbonyl (C=O) groups is 1. The highest BCUT2D eigenvalue weighted by Crippen LogP contribution is 2.21. The molecule has 0 aliphatic carbocycles.